The predicted molar refractivity (Wildman–Crippen MR) is 75.7 cm³/mol. The van der Waals surface area contributed by atoms with Gasteiger partial charge >= 0.3 is 11.9 Å². The molecule has 0 aromatic heterocycles. The van der Waals surface area contributed by atoms with E-state index < -0.39 is 11.9 Å². The van der Waals surface area contributed by atoms with Crippen LogP contribution in [0.25, 0.3) is 0 Å². The van der Waals surface area contributed by atoms with Crippen molar-refractivity contribution in [2.75, 3.05) is 0 Å². The first kappa shape index (κ1) is 15.1. The molecule has 0 saturated carbocycles. The molecule has 0 aromatic carbocycles. The van der Waals surface area contributed by atoms with E-state index in [0.717, 1.165) is 25.7 Å². The number of nitrogens with one attached hydrogen (secondary N) is 1. The fraction of sp³-hybridized carbons (Fsp3) is 0.800. The van der Waals surface area contributed by atoms with Crippen LogP contribution < -0.4 is 5.32 Å². The highest BCUT2D eigenvalue weighted by Gasteiger charge is 2.49. The maximum atomic E-state index is 10.7. The van der Waals surface area contributed by atoms with E-state index in [4.69, 9.17) is 15.5 Å². The maximum Gasteiger partial charge on any atom is 0.308 e. The van der Waals surface area contributed by atoms with Crippen molar-refractivity contribution in [2.24, 2.45) is 11.8 Å². The van der Waals surface area contributed by atoms with E-state index in [9.17, 15) is 9.59 Å². The van der Waals surface area contributed by atoms with E-state index in [1.54, 1.807) is 4.90 Å². The van der Waals surface area contributed by atoms with E-state index >= 15 is 0 Å². The first-order valence-corrected chi connectivity index (χ1v) is 7.91. The van der Waals surface area contributed by atoms with Gasteiger partial charge in [0.2, 0.25) is 0 Å². The summed E-state index contributed by atoms with van der Waals surface area (Å²) in [5.74, 6) is -1.77. The van der Waals surface area contributed by atoms with Crippen LogP contribution in [0.1, 0.15) is 38.5 Å². The van der Waals surface area contributed by atoms with Crippen molar-refractivity contribution in [3.63, 3.8) is 0 Å². The van der Waals surface area contributed by atoms with Crippen LogP contribution in [0.5, 0.6) is 0 Å². The zero-order valence-electron chi connectivity index (χ0n) is 12.3. The van der Waals surface area contributed by atoms with E-state index in [2.05, 4.69) is 11.5 Å². The topological polar surface area (TPSA) is 114 Å². The Morgan fingerprint density at radius 1 is 1.05 bits per heavy atom. The fourth-order valence-corrected chi connectivity index (χ4v) is 4.51. The maximum absolute atomic E-state index is 10.7. The molecule has 4 bridgehead atoms. The monoisotopic (exact) mass is 307 g/mol. The molecule has 7 heteroatoms. The molecular weight excluding hydrogens is 286 g/mol. The van der Waals surface area contributed by atoms with Gasteiger partial charge in [-0.2, -0.15) is 5.26 Å². The van der Waals surface area contributed by atoms with Gasteiger partial charge in [-0.3, -0.25) is 9.59 Å². The Balaban J connectivity index is 0.000000133. The molecule has 0 aliphatic carbocycles. The summed E-state index contributed by atoms with van der Waals surface area (Å²) in [5, 5.41) is 29.5. The van der Waals surface area contributed by atoms with Crippen molar-refractivity contribution >= 4 is 11.9 Å². The lowest BCUT2D eigenvalue weighted by Crippen LogP contribution is -2.29. The molecule has 0 radical (unpaired) electrons. The van der Waals surface area contributed by atoms with E-state index in [0.29, 0.717) is 12.5 Å². The van der Waals surface area contributed by atoms with E-state index in [1.807, 2.05) is 0 Å². The Bertz CT molecular complexity index is 517. The molecule has 120 valence electrons. The van der Waals surface area contributed by atoms with Crippen LogP contribution in [0.15, 0.2) is 0 Å². The summed E-state index contributed by atoms with van der Waals surface area (Å²) < 4.78 is 0. The third kappa shape index (κ3) is 2.52. The zero-order valence-corrected chi connectivity index (χ0v) is 12.3. The van der Waals surface area contributed by atoms with Gasteiger partial charge in [0.25, 0.3) is 0 Å². The van der Waals surface area contributed by atoms with Crippen molar-refractivity contribution in [3.8, 4) is 6.19 Å². The Morgan fingerprint density at radius 2 is 1.77 bits per heavy atom. The summed E-state index contributed by atoms with van der Waals surface area (Å²) in [6, 6.07) is 0.979. The number of fused-ring (bicyclic) bond motifs is 4. The van der Waals surface area contributed by atoms with Gasteiger partial charge in [0.15, 0.2) is 6.19 Å². The van der Waals surface area contributed by atoms with Crippen molar-refractivity contribution in [2.45, 2.75) is 62.7 Å². The van der Waals surface area contributed by atoms with Crippen LogP contribution in [0.4, 0.5) is 0 Å². The van der Waals surface area contributed by atoms with Gasteiger partial charge in [0, 0.05) is 18.1 Å². The SMILES string of the molecule is N#CN1C2CCC1C(C(=O)O)C2.O=C(O)C1CC2CCC1N2. The fourth-order valence-electron chi connectivity index (χ4n) is 4.51. The molecule has 4 saturated heterocycles. The number of nitrogens with zero attached hydrogens (tertiary/aromatic N) is 2. The van der Waals surface area contributed by atoms with Crippen molar-refractivity contribution in [1.29, 1.82) is 5.26 Å². The molecular formula is C15H21N3O4. The van der Waals surface area contributed by atoms with Crippen LogP contribution >= 0.6 is 0 Å². The second kappa shape index (κ2) is 5.76. The van der Waals surface area contributed by atoms with E-state index in [-0.39, 0.29) is 30.0 Å². The average Bonchev–Trinajstić information content (AvgIpc) is 3.26. The van der Waals surface area contributed by atoms with Crippen LogP contribution in [-0.4, -0.2) is 51.2 Å². The van der Waals surface area contributed by atoms with Gasteiger partial charge in [-0.15, -0.1) is 0 Å². The van der Waals surface area contributed by atoms with Crippen LogP contribution in [0.3, 0.4) is 0 Å². The van der Waals surface area contributed by atoms with Gasteiger partial charge in [-0.05, 0) is 38.5 Å². The first-order chi connectivity index (χ1) is 10.5. The Labute approximate surface area is 128 Å². The van der Waals surface area contributed by atoms with Crippen LogP contribution in [-0.2, 0) is 9.59 Å². The molecule has 4 heterocycles. The Hall–Kier alpha value is -1.81. The van der Waals surface area contributed by atoms with Crippen molar-refractivity contribution < 1.29 is 19.8 Å². The summed E-state index contributed by atoms with van der Waals surface area (Å²) in [6.07, 6.45) is 7.68. The van der Waals surface area contributed by atoms with Gasteiger partial charge in [0.1, 0.15) is 0 Å². The van der Waals surface area contributed by atoms with Gasteiger partial charge in [-0.25, -0.2) is 0 Å². The number of hydrogen-bond donors (Lipinski definition) is 3. The van der Waals surface area contributed by atoms with Crippen LogP contribution in [0.2, 0.25) is 0 Å². The quantitative estimate of drug-likeness (QED) is 0.641. The highest BCUT2D eigenvalue weighted by Crippen LogP contribution is 2.41. The molecule has 4 aliphatic rings. The molecule has 4 fully saturated rings. The molecule has 0 spiro atoms. The molecule has 6 atom stereocenters. The molecule has 7 nitrogen and oxygen atoms in total. The molecule has 4 rings (SSSR count). The van der Waals surface area contributed by atoms with Crippen LogP contribution in [0, 0.1) is 23.3 Å². The summed E-state index contributed by atoms with van der Waals surface area (Å²) in [5.41, 5.74) is 0. The summed E-state index contributed by atoms with van der Waals surface area (Å²) >= 11 is 0. The normalized spacial score (nSPS) is 41.0. The smallest absolute Gasteiger partial charge is 0.308 e. The standard InChI is InChI=1S/C8H10N2O2.C7H11NO2/c9-4-10-5-1-2-7(10)6(3-5)8(11)12;9-7(10)5-3-4-1-2-6(5)8-4/h5-7H,1-3H2,(H,11,12);4-6,8H,1-3H2,(H,9,10). The molecule has 3 N–H and O–H groups in total. The van der Waals surface area contributed by atoms with Gasteiger partial charge in [-0.1, -0.05) is 0 Å². The van der Waals surface area contributed by atoms with Gasteiger partial charge in [0.05, 0.1) is 17.9 Å². The molecule has 0 aromatic rings. The average molecular weight is 307 g/mol. The summed E-state index contributed by atoms with van der Waals surface area (Å²) in [4.78, 5) is 22.9. The Kier molecular flexibility index (Phi) is 3.96. The number of aliphatic carboxylic acids is 2. The minimum Gasteiger partial charge on any atom is -0.481 e. The number of carboxylic acids is 2. The van der Waals surface area contributed by atoms with Gasteiger partial charge < -0.3 is 20.4 Å². The van der Waals surface area contributed by atoms with Crippen molar-refractivity contribution in [3.05, 3.63) is 0 Å². The third-order valence-electron chi connectivity index (χ3n) is 5.59. The second-order valence-electron chi connectivity index (χ2n) is 6.71. The zero-order chi connectivity index (χ0) is 15.9. The number of nitriles is 1. The lowest BCUT2D eigenvalue weighted by Gasteiger charge is -2.15. The highest BCUT2D eigenvalue weighted by molar-refractivity contribution is 5.72. The Morgan fingerprint density at radius 3 is 2.14 bits per heavy atom. The number of carboxylic acid groups (broad SMARTS) is 2. The lowest BCUT2D eigenvalue weighted by molar-refractivity contribution is -0.143. The molecule has 0 amide bonds. The minimum absolute atomic E-state index is 0.0162. The van der Waals surface area contributed by atoms with E-state index in [1.165, 1.54) is 6.42 Å². The number of hydrogen-bond acceptors (Lipinski definition) is 5. The third-order valence-corrected chi connectivity index (χ3v) is 5.59. The number of rotatable bonds is 2. The van der Waals surface area contributed by atoms with Crippen molar-refractivity contribution in [1.82, 2.24) is 10.2 Å². The predicted octanol–water partition coefficient (Wildman–Crippen LogP) is 0.616. The summed E-state index contributed by atoms with van der Waals surface area (Å²) in [7, 11) is 0. The largest absolute Gasteiger partial charge is 0.481 e. The number of carbonyl (C=O) groups is 2. The molecule has 22 heavy (non-hydrogen) atoms. The lowest BCUT2D eigenvalue weighted by atomic mass is 9.89. The molecule has 4 aliphatic heterocycles. The summed E-state index contributed by atoms with van der Waals surface area (Å²) in [6.45, 7) is 0. The highest BCUT2D eigenvalue weighted by atomic mass is 16.4. The second-order valence-corrected chi connectivity index (χ2v) is 6.71. The minimum atomic E-state index is -0.748. The first-order valence-electron chi connectivity index (χ1n) is 7.91. The molecule has 6 unspecified atom stereocenters.